The van der Waals surface area contributed by atoms with Gasteiger partial charge in [-0.15, -0.1) is 0 Å². The Hall–Kier alpha value is -5.01. The lowest BCUT2D eigenvalue weighted by Crippen LogP contribution is -2.53. The Morgan fingerprint density at radius 3 is 2.30 bits per heavy atom. The van der Waals surface area contributed by atoms with E-state index in [2.05, 4.69) is 5.32 Å². The molecule has 4 aromatic rings. The third kappa shape index (κ3) is 8.23. The number of hydrogen-bond donors (Lipinski definition) is 1. The lowest BCUT2D eigenvalue weighted by Gasteiger charge is -2.34. The maximum absolute atomic E-state index is 14.4. The number of halogens is 2. The average Bonchev–Trinajstić information content (AvgIpc) is 3.05. The first-order chi connectivity index (χ1) is 22.3. The molecule has 4 aromatic carbocycles. The van der Waals surface area contributed by atoms with Gasteiger partial charge >= 0.3 is 0 Å². The molecule has 0 aliphatic rings. The van der Waals surface area contributed by atoms with Gasteiger partial charge in [0.05, 0.1) is 22.6 Å². The van der Waals surface area contributed by atoms with Crippen LogP contribution in [0.5, 0.6) is 5.75 Å². The number of amides is 2. The number of rotatable bonds is 13. The van der Waals surface area contributed by atoms with E-state index in [0.29, 0.717) is 5.56 Å². The molecule has 47 heavy (non-hydrogen) atoms. The normalized spacial score (nSPS) is 11.8. The molecular weight excluding hydrogens is 651 g/mol. The first-order valence-corrected chi connectivity index (χ1v) is 16.1. The first-order valence-electron chi connectivity index (χ1n) is 14.3. The molecular formula is C33H32ClFN4O7S. The molecule has 0 aliphatic heterocycles. The number of nitrogens with zero attached hydrogens (tertiary/aromatic N) is 3. The molecule has 1 N–H and O–H groups in total. The highest BCUT2D eigenvalue weighted by molar-refractivity contribution is 7.92. The molecule has 14 heteroatoms. The predicted octanol–water partition coefficient (Wildman–Crippen LogP) is 5.29. The number of anilines is 1. The van der Waals surface area contributed by atoms with Crippen LogP contribution in [0, 0.1) is 22.9 Å². The van der Waals surface area contributed by atoms with E-state index in [9.17, 15) is 32.5 Å². The summed E-state index contributed by atoms with van der Waals surface area (Å²) in [7, 11) is -1.98. The van der Waals surface area contributed by atoms with E-state index in [-0.39, 0.29) is 35.0 Å². The van der Waals surface area contributed by atoms with Gasteiger partial charge in [-0.25, -0.2) is 12.8 Å². The molecule has 4 rings (SSSR count). The largest absolute Gasteiger partial charge is 0.495 e. The zero-order valence-electron chi connectivity index (χ0n) is 25.7. The molecule has 0 saturated heterocycles. The highest BCUT2D eigenvalue weighted by Gasteiger charge is 2.36. The molecule has 11 nitrogen and oxygen atoms in total. The third-order valence-electron chi connectivity index (χ3n) is 7.44. The van der Waals surface area contributed by atoms with Crippen LogP contribution in [-0.2, 0) is 32.6 Å². The number of ether oxygens (including phenoxy) is 1. The van der Waals surface area contributed by atoms with Crippen molar-refractivity contribution < 1.29 is 32.1 Å². The Morgan fingerprint density at radius 2 is 1.68 bits per heavy atom. The van der Waals surface area contributed by atoms with E-state index in [1.54, 1.807) is 30.3 Å². The molecule has 246 valence electrons. The van der Waals surface area contributed by atoms with E-state index < -0.39 is 55.7 Å². The van der Waals surface area contributed by atoms with E-state index in [4.69, 9.17) is 16.3 Å². The molecule has 1 atom stereocenters. The maximum Gasteiger partial charge on any atom is 0.273 e. The van der Waals surface area contributed by atoms with Crippen LogP contribution < -0.4 is 14.4 Å². The molecule has 2 amide bonds. The lowest BCUT2D eigenvalue weighted by molar-refractivity contribution is -0.385. The van der Waals surface area contributed by atoms with Crippen molar-refractivity contribution in [2.24, 2.45) is 0 Å². The van der Waals surface area contributed by atoms with E-state index in [0.717, 1.165) is 15.9 Å². The summed E-state index contributed by atoms with van der Waals surface area (Å²) in [5.74, 6) is -1.78. The lowest BCUT2D eigenvalue weighted by atomic mass is 10.0. The Labute approximate surface area is 276 Å². The van der Waals surface area contributed by atoms with Crippen molar-refractivity contribution >= 4 is 44.8 Å². The molecule has 0 spiro atoms. The highest BCUT2D eigenvalue weighted by atomic mass is 35.5. The van der Waals surface area contributed by atoms with Crippen LogP contribution >= 0.6 is 11.6 Å². The fourth-order valence-electron chi connectivity index (χ4n) is 4.95. The van der Waals surface area contributed by atoms with Crippen LogP contribution in [0.15, 0.2) is 95.9 Å². The third-order valence-corrected chi connectivity index (χ3v) is 9.43. The maximum atomic E-state index is 14.4. The van der Waals surface area contributed by atoms with Crippen LogP contribution in [-0.4, -0.2) is 56.8 Å². The molecule has 0 unspecified atom stereocenters. The number of nitrogens with one attached hydrogen (secondary N) is 1. The smallest absolute Gasteiger partial charge is 0.273 e. The van der Waals surface area contributed by atoms with Gasteiger partial charge in [-0.2, -0.15) is 0 Å². The Balaban J connectivity index is 1.87. The molecule has 0 aromatic heterocycles. The summed E-state index contributed by atoms with van der Waals surface area (Å²) in [5.41, 5.74) is 0.891. The zero-order valence-corrected chi connectivity index (χ0v) is 27.3. The summed E-state index contributed by atoms with van der Waals surface area (Å²) in [6, 6.07) is 20.7. The molecule has 0 heterocycles. The number of carbonyl (C=O) groups excluding carboxylic acids is 2. The van der Waals surface area contributed by atoms with Gasteiger partial charge in [0, 0.05) is 36.7 Å². The second-order valence-electron chi connectivity index (χ2n) is 10.5. The number of aryl methyl sites for hydroxylation is 1. The number of benzene rings is 4. The van der Waals surface area contributed by atoms with Crippen LogP contribution in [0.3, 0.4) is 0 Å². The van der Waals surface area contributed by atoms with E-state index >= 15 is 0 Å². The van der Waals surface area contributed by atoms with Gasteiger partial charge in [0.2, 0.25) is 11.8 Å². The Kier molecular flexibility index (Phi) is 11.2. The van der Waals surface area contributed by atoms with Gasteiger partial charge in [0.1, 0.15) is 24.2 Å². The minimum Gasteiger partial charge on any atom is -0.495 e. The van der Waals surface area contributed by atoms with Gasteiger partial charge in [-0.1, -0.05) is 60.1 Å². The van der Waals surface area contributed by atoms with Crippen molar-refractivity contribution in [3.05, 3.63) is 129 Å². The van der Waals surface area contributed by atoms with Crippen LogP contribution in [0.25, 0.3) is 0 Å². The van der Waals surface area contributed by atoms with Crippen molar-refractivity contribution in [2.45, 2.75) is 30.8 Å². The molecule has 0 fully saturated rings. The number of carbonyl (C=O) groups is 2. The van der Waals surface area contributed by atoms with Gasteiger partial charge in [0.25, 0.3) is 15.7 Å². The van der Waals surface area contributed by atoms with Gasteiger partial charge in [0.15, 0.2) is 0 Å². The molecule has 0 aliphatic carbocycles. The zero-order chi connectivity index (χ0) is 34.3. The number of hydrogen-bond acceptors (Lipinski definition) is 7. The van der Waals surface area contributed by atoms with Gasteiger partial charge < -0.3 is 15.0 Å². The number of sulfonamides is 1. The van der Waals surface area contributed by atoms with Gasteiger partial charge in [-0.05, 0) is 54.4 Å². The summed E-state index contributed by atoms with van der Waals surface area (Å²) in [5, 5.41) is 14.4. The van der Waals surface area contributed by atoms with Crippen LogP contribution in [0.2, 0.25) is 5.02 Å². The van der Waals surface area contributed by atoms with Crippen molar-refractivity contribution in [3.63, 3.8) is 0 Å². The number of nitro benzene ring substituents is 1. The number of methoxy groups -OCH3 is 1. The number of likely N-dealkylation sites (N-methyl/N-ethyl adjacent to an activating group) is 1. The molecule has 0 saturated carbocycles. The summed E-state index contributed by atoms with van der Waals surface area (Å²) in [6.45, 7) is 0.430. The summed E-state index contributed by atoms with van der Waals surface area (Å²) >= 11 is 6.28. The first kappa shape index (κ1) is 34.9. The van der Waals surface area contributed by atoms with Crippen molar-refractivity contribution in [1.29, 1.82) is 0 Å². The van der Waals surface area contributed by atoms with E-state index in [1.807, 2.05) is 0 Å². The Morgan fingerprint density at radius 1 is 1.00 bits per heavy atom. The predicted molar refractivity (Wildman–Crippen MR) is 175 cm³/mol. The topological polar surface area (TPSA) is 139 Å². The second-order valence-corrected chi connectivity index (χ2v) is 12.8. The van der Waals surface area contributed by atoms with Crippen molar-refractivity contribution in [2.75, 3.05) is 25.0 Å². The monoisotopic (exact) mass is 682 g/mol. The molecule has 0 radical (unpaired) electrons. The van der Waals surface area contributed by atoms with Crippen LogP contribution in [0.4, 0.5) is 15.8 Å². The van der Waals surface area contributed by atoms with E-state index in [1.165, 1.54) is 80.6 Å². The van der Waals surface area contributed by atoms with Crippen molar-refractivity contribution in [3.8, 4) is 5.75 Å². The average molecular weight is 683 g/mol. The summed E-state index contributed by atoms with van der Waals surface area (Å²) < 4.78 is 48.6. The number of nitro groups is 1. The summed E-state index contributed by atoms with van der Waals surface area (Å²) in [6.07, 6.45) is 0.0742. The second kappa shape index (κ2) is 15.1. The fourth-order valence-corrected chi connectivity index (χ4v) is 6.56. The minimum atomic E-state index is -4.70. The quantitative estimate of drug-likeness (QED) is 0.149. The standard InChI is InChI=1S/C33H32ClFN4O7S/c1-22-9-15-27(19-28(22)39(42)43)47(44,45)38(29-18-25(34)12-16-31(29)46-3)21-32(40)37(20-24-10-13-26(35)14-11-24)30(33(41)36-2)17-23-7-5-4-6-8-23/h4-16,18-19,30H,17,20-21H2,1-3H3,(H,36,41)/t30-/m1/s1. The SMILES string of the molecule is CNC(=O)[C@@H](Cc1ccccc1)N(Cc1ccc(F)cc1)C(=O)CN(c1cc(Cl)ccc1OC)S(=O)(=O)c1ccc(C)c([N+](=O)[O-])c1. The molecule has 0 bridgehead atoms. The Bertz CT molecular complexity index is 1880. The highest BCUT2D eigenvalue weighted by Crippen LogP contribution is 2.36. The van der Waals surface area contributed by atoms with Crippen LogP contribution in [0.1, 0.15) is 16.7 Å². The fraction of sp³-hybridized carbons (Fsp3) is 0.212. The van der Waals surface area contributed by atoms with Crippen molar-refractivity contribution in [1.82, 2.24) is 10.2 Å². The summed E-state index contributed by atoms with van der Waals surface area (Å²) in [4.78, 5) is 39.5. The van der Waals surface area contributed by atoms with Gasteiger partial charge in [-0.3, -0.25) is 24.0 Å². The minimum absolute atomic E-state index is 0.0459.